The van der Waals surface area contributed by atoms with Crippen LogP contribution in [-0.2, 0) is 4.79 Å². The number of benzene rings is 1. The predicted octanol–water partition coefficient (Wildman–Crippen LogP) is -1.09. The van der Waals surface area contributed by atoms with Crippen LogP contribution in [-0.4, -0.2) is 32.4 Å². The summed E-state index contributed by atoms with van der Waals surface area (Å²) in [5.41, 5.74) is 5.05. The lowest BCUT2D eigenvalue weighted by molar-refractivity contribution is -0.135. The van der Waals surface area contributed by atoms with Gasteiger partial charge in [-0.25, -0.2) is 4.79 Å². The van der Waals surface area contributed by atoms with Gasteiger partial charge in [-0.1, -0.05) is 0 Å². The van der Waals surface area contributed by atoms with E-state index in [2.05, 4.69) is 0 Å². The number of carbonyl (C=O) groups excluding carboxylic acids is 1. The molecule has 7 heteroatoms. The Labute approximate surface area is 103 Å². The molecule has 0 fully saturated rings. The molecule has 0 unspecified atom stereocenters. The SMILES string of the molecule is C[C@H](N)C(=O)Oc1ccc(C(O)O)c(C(O)O)c1. The van der Waals surface area contributed by atoms with Crippen LogP contribution in [0.15, 0.2) is 18.2 Å². The van der Waals surface area contributed by atoms with Crippen LogP contribution in [0, 0.1) is 0 Å². The fraction of sp³-hybridized carbons (Fsp3) is 0.364. The van der Waals surface area contributed by atoms with Gasteiger partial charge in [0.15, 0.2) is 12.6 Å². The minimum absolute atomic E-state index is 0.0322. The third-order valence-electron chi connectivity index (χ3n) is 2.20. The molecule has 0 saturated carbocycles. The molecule has 0 radical (unpaired) electrons. The van der Waals surface area contributed by atoms with Gasteiger partial charge in [0.05, 0.1) is 0 Å². The zero-order chi connectivity index (χ0) is 13.9. The molecule has 7 nitrogen and oxygen atoms in total. The van der Waals surface area contributed by atoms with E-state index < -0.39 is 24.6 Å². The maximum atomic E-state index is 11.2. The second kappa shape index (κ2) is 5.89. The van der Waals surface area contributed by atoms with Crippen LogP contribution in [0.25, 0.3) is 0 Å². The summed E-state index contributed by atoms with van der Waals surface area (Å²) in [6.45, 7) is 1.44. The minimum atomic E-state index is -1.92. The number of aliphatic hydroxyl groups excluding tert-OH is 2. The van der Waals surface area contributed by atoms with E-state index in [1.165, 1.54) is 19.1 Å². The first-order chi connectivity index (χ1) is 8.32. The van der Waals surface area contributed by atoms with Crippen molar-refractivity contribution in [3.05, 3.63) is 29.3 Å². The predicted molar refractivity (Wildman–Crippen MR) is 60.1 cm³/mol. The van der Waals surface area contributed by atoms with Crippen molar-refractivity contribution in [1.82, 2.24) is 0 Å². The highest BCUT2D eigenvalue weighted by atomic mass is 16.5. The van der Waals surface area contributed by atoms with Crippen molar-refractivity contribution in [2.75, 3.05) is 0 Å². The highest BCUT2D eigenvalue weighted by Crippen LogP contribution is 2.26. The topological polar surface area (TPSA) is 133 Å². The standard InChI is InChI=1S/C11H15NO6/c1-5(12)11(17)18-6-2-3-7(9(13)14)8(4-6)10(15)16/h2-5,9-10,13-16H,12H2,1H3/t5-/m0/s1. The van der Waals surface area contributed by atoms with E-state index in [4.69, 9.17) is 30.9 Å². The van der Waals surface area contributed by atoms with Gasteiger partial charge in [0.1, 0.15) is 11.8 Å². The molecular weight excluding hydrogens is 242 g/mol. The molecule has 1 aromatic carbocycles. The summed E-state index contributed by atoms with van der Waals surface area (Å²) in [5.74, 6) is -0.657. The number of esters is 1. The van der Waals surface area contributed by atoms with Gasteiger partial charge in [0.2, 0.25) is 0 Å². The Bertz CT molecular complexity index is 430. The molecular formula is C11H15NO6. The van der Waals surface area contributed by atoms with Gasteiger partial charge in [-0.05, 0) is 25.1 Å². The van der Waals surface area contributed by atoms with E-state index in [-0.39, 0.29) is 16.9 Å². The van der Waals surface area contributed by atoms with E-state index in [1.54, 1.807) is 0 Å². The van der Waals surface area contributed by atoms with Crippen molar-refractivity contribution in [2.45, 2.75) is 25.5 Å². The average molecular weight is 257 g/mol. The number of carbonyl (C=O) groups is 1. The molecule has 1 atom stereocenters. The summed E-state index contributed by atoms with van der Waals surface area (Å²) < 4.78 is 4.85. The number of hydrogen-bond acceptors (Lipinski definition) is 7. The summed E-state index contributed by atoms with van der Waals surface area (Å²) in [7, 11) is 0. The fourth-order valence-electron chi connectivity index (χ4n) is 1.28. The Morgan fingerprint density at radius 2 is 1.72 bits per heavy atom. The zero-order valence-electron chi connectivity index (χ0n) is 9.65. The summed E-state index contributed by atoms with van der Waals surface area (Å²) in [6.07, 6.45) is -3.78. The van der Waals surface area contributed by atoms with Gasteiger partial charge < -0.3 is 30.9 Å². The number of nitrogens with two attached hydrogens (primary N) is 1. The van der Waals surface area contributed by atoms with Crippen molar-refractivity contribution >= 4 is 5.97 Å². The highest BCUT2D eigenvalue weighted by Gasteiger charge is 2.17. The normalized spacial score (nSPS) is 12.9. The van der Waals surface area contributed by atoms with E-state index in [1.807, 2.05) is 0 Å². The first kappa shape index (κ1) is 14.6. The second-order valence-electron chi connectivity index (χ2n) is 3.75. The Hall–Kier alpha value is -1.51. The van der Waals surface area contributed by atoms with Gasteiger partial charge in [-0.2, -0.15) is 0 Å². The number of hydrogen-bond donors (Lipinski definition) is 5. The van der Waals surface area contributed by atoms with Crippen LogP contribution >= 0.6 is 0 Å². The number of ether oxygens (including phenoxy) is 1. The number of rotatable bonds is 4. The zero-order valence-corrected chi connectivity index (χ0v) is 9.65. The van der Waals surface area contributed by atoms with Crippen molar-refractivity contribution in [3.8, 4) is 5.75 Å². The molecule has 0 aliphatic carbocycles. The van der Waals surface area contributed by atoms with Crippen molar-refractivity contribution in [1.29, 1.82) is 0 Å². The molecule has 0 aliphatic heterocycles. The maximum Gasteiger partial charge on any atom is 0.328 e. The van der Waals surface area contributed by atoms with Crippen molar-refractivity contribution < 1.29 is 30.0 Å². The van der Waals surface area contributed by atoms with Gasteiger partial charge in [0.25, 0.3) is 0 Å². The van der Waals surface area contributed by atoms with Gasteiger partial charge in [-0.3, -0.25) is 0 Å². The summed E-state index contributed by atoms with van der Waals surface area (Å²) >= 11 is 0. The third-order valence-corrected chi connectivity index (χ3v) is 2.20. The largest absolute Gasteiger partial charge is 0.425 e. The lowest BCUT2D eigenvalue weighted by Crippen LogP contribution is -2.30. The minimum Gasteiger partial charge on any atom is -0.425 e. The summed E-state index contributed by atoms with van der Waals surface area (Å²) in [4.78, 5) is 11.2. The average Bonchev–Trinajstić information content (AvgIpc) is 2.28. The Morgan fingerprint density at radius 1 is 1.17 bits per heavy atom. The van der Waals surface area contributed by atoms with E-state index in [9.17, 15) is 4.79 Å². The molecule has 0 spiro atoms. The third kappa shape index (κ3) is 3.49. The lowest BCUT2D eigenvalue weighted by Gasteiger charge is -2.15. The Balaban J connectivity index is 3.04. The molecule has 6 N–H and O–H groups in total. The molecule has 0 heterocycles. The van der Waals surface area contributed by atoms with E-state index >= 15 is 0 Å². The Morgan fingerprint density at radius 3 is 2.17 bits per heavy atom. The summed E-state index contributed by atoms with van der Waals surface area (Å²) in [5, 5.41) is 36.2. The smallest absolute Gasteiger partial charge is 0.328 e. The molecule has 0 bridgehead atoms. The van der Waals surface area contributed by atoms with Crippen LogP contribution in [0.3, 0.4) is 0 Å². The van der Waals surface area contributed by atoms with Crippen LogP contribution in [0.2, 0.25) is 0 Å². The van der Waals surface area contributed by atoms with Crippen LogP contribution in [0.5, 0.6) is 5.75 Å². The highest BCUT2D eigenvalue weighted by molar-refractivity contribution is 5.77. The molecule has 1 rings (SSSR count). The fourth-order valence-corrected chi connectivity index (χ4v) is 1.28. The molecule has 18 heavy (non-hydrogen) atoms. The van der Waals surface area contributed by atoms with Crippen molar-refractivity contribution in [2.24, 2.45) is 5.73 Å². The van der Waals surface area contributed by atoms with Gasteiger partial charge in [0, 0.05) is 11.1 Å². The van der Waals surface area contributed by atoms with Crippen LogP contribution < -0.4 is 10.5 Å². The van der Waals surface area contributed by atoms with Crippen LogP contribution in [0.1, 0.15) is 30.6 Å². The Kier molecular flexibility index (Phi) is 4.76. The molecule has 0 amide bonds. The molecule has 0 aliphatic rings. The van der Waals surface area contributed by atoms with Crippen molar-refractivity contribution in [3.63, 3.8) is 0 Å². The lowest BCUT2D eigenvalue weighted by atomic mass is 10.1. The summed E-state index contributed by atoms with van der Waals surface area (Å²) in [6, 6.07) is 2.81. The molecule has 0 aromatic heterocycles. The van der Waals surface area contributed by atoms with E-state index in [0.717, 1.165) is 6.07 Å². The monoisotopic (exact) mass is 257 g/mol. The molecule has 100 valence electrons. The molecule has 1 aromatic rings. The first-order valence-electron chi connectivity index (χ1n) is 5.16. The maximum absolute atomic E-state index is 11.2. The second-order valence-corrected chi connectivity index (χ2v) is 3.75. The van der Waals surface area contributed by atoms with Gasteiger partial charge in [-0.15, -0.1) is 0 Å². The first-order valence-corrected chi connectivity index (χ1v) is 5.16. The molecule has 0 saturated heterocycles. The quantitative estimate of drug-likeness (QED) is 0.263. The number of aliphatic hydroxyl groups is 4. The van der Waals surface area contributed by atoms with Crippen LogP contribution in [0.4, 0.5) is 0 Å². The van der Waals surface area contributed by atoms with E-state index in [0.29, 0.717) is 0 Å². The van der Waals surface area contributed by atoms with Gasteiger partial charge >= 0.3 is 5.97 Å².